The fourth-order valence-corrected chi connectivity index (χ4v) is 3.50. The quantitative estimate of drug-likeness (QED) is 0.551. The Morgan fingerprint density at radius 1 is 0.923 bits per heavy atom. The summed E-state index contributed by atoms with van der Waals surface area (Å²) in [5.74, 6) is 2.46. The highest BCUT2D eigenvalue weighted by molar-refractivity contribution is 5.79. The molecule has 0 saturated heterocycles. The van der Waals surface area contributed by atoms with Crippen molar-refractivity contribution in [3.8, 4) is 11.5 Å². The zero-order chi connectivity index (χ0) is 19.1. The molecular formula is C24H33NO. The molecule has 2 heteroatoms. The summed E-state index contributed by atoms with van der Waals surface area (Å²) in [6.07, 6.45) is 2.20. The van der Waals surface area contributed by atoms with Crippen molar-refractivity contribution in [2.24, 2.45) is 0 Å². The van der Waals surface area contributed by atoms with Crippen LogP contribution < -0.4 is 9.64 Å². The number of ether oxygens (including phenoxy) is 1. The highest BCUT2D eigenvalue weighted by atomic mass is 16.5. The van der Waals surface area contributed by atoms with Gasteiger partial charge in [-0.2, -0.15) is 0 Å². The van der Waals surface area contributed by atoms with Gasteiger partial charge in [0.05, 0.1) is 11.4 Å². The smallest absolute Gasteiger partial charge is 0.151 e. The van der Waals surface area contributed by atoms with Gasteiger partial charge in [-0.05, 0) is 66.5 Å². The number of benzene rings is 2. The molecule has 0 saturated carbocycles. The Hall–Kier alpha value is -1.96. The Morgan fingerprint density at radius 2 is 1.54 bits per heavy atom. The second kappa shape index (κ2) is 6.98. The van der Waals surface area contributed by atoms with Crippen molar-refractivity contribution in [3.05, 3.63) is 47.5 Å². The Labute approximate surface area is 159 Å². The Balaban J connectivity index is 2.14. The van der Waals surface area contributed by atoms with Gasteiger partial charge in [0.15, 0.2) is 11.5 Å². The van der Waals surface area contributed by atoms with Crippen LogP contribution >= 0.6 is 0 Å². The monoisotopic (exact) mass is 351 g/mol. The molecule has 0 N–H and O–H groups in total. The van der Waals surface area contributed by atoms with Crippen LogP contribution in [0, 0.1) is 0 Å². The van der Waals surface area contributed by atoms with Gasteiger partial charge in [-0.3, -0.25) is 0 Å². The average molecular weight is 352 g/mol. The van der Waals surface area contributed by atoms with Gasteiger partial charge in [0.1, 0.15) is 0 Å². The molecule has 1 atom stereocenters. The molecule has 0 radical (unpaired) electrons. The number of anilines is 2. The molecule has 0 spiro atoms. The van der Waals surface area contributed by atoms with E-state index in [1.807, 2.05) is 0 Å². The fourth-order valence-electron chi connectivity index (χ4n) is 3.50. The summed E-state index contributed by atoms with van der Waals surface area (Å²) in [6, 6.07) is 13.9. The predicted octanol–water partition coefficient (Wildman–Crippen LogP) is 7.54. The van der Waals surface area contributed by atoms with Crippen LogP contribution in [0.3, 0.4) is 0 Å². The number of fused-ring (bicyclic) bond motifs is 2. The zero-order valence-electron chi connectivity index (χ0n) is 17.4. The van der Waals surface area contributed by atoms with E-state index in [2.05, 4.69) is 89.8 Å². The van der Waals surface area contributed by atoms with E-state index in [1.165, 1.54) is 22.5 Å². The maximum Gasteiger partial charge on any atom is 0.151 e. The van der Waals surface area contributed by atoms with E-state index in [0.29, 0.717) is 12.0 Å². The summed E-state index contributed by atoms with van der Waals surface area (Å²) >= 11 is 0. The lowest BCUT2D eigenvalue weighted by Gasteiger charge is -2.38. The average Bonchev–Trinajstić information content (AvgIpc) is 2.64. The van der Waals surface area contributed by atoms with Gasteiger partial charge >= 0.3 is 0 Å². The first-order valence-electron chi connectivity index (χ1n) is 10.0. The zero-order valence-corrected chi connectivity index (χ0v) is 17.4. The van der Waals surface area contributed by atoms with Crippen molar-refractivity contribution in [1.29, 1.82) is 0 Å². The third-order valence-electron chi connectivity index (χ3n) is 6.05. The van der Waals surface area contributed by atoms with Gasteiger partial charge in [-0.15, -0.1) is 0 Å². The van der Waals surface area contributed by atoms with Crippen LogP contribution in [-0.2, 0) is 5.41 Å². The summed E-state index contributed by atoms with van der Waals surface area (Å²) < 4.78 is 6.43. The van der Waals surface area contributed by atoms with E-state index in [4.69, 9.17) is 4.74 Å². The number of rotatable bonds is 5. The third-order valence-corrected chi connectivity index (χ3v) is 6.05. The molecule has 0 aliphatic carbocycles. The molecule has 1 unspecified atom stereocenters. The van der Waals surface area contributed by atoms with Gasteiger partial charge in [-0.1, -0.05) is 53.7 Å². The van der Waals surface area contributed by atoms with Gasteiger partial charge in [0.2, 0.25) is 0 Å². The molecule has 3 rings (SSSR count). The molecule has 2 aromatic carbocycles. The third kappa shape index (κ3) is 3.22. The summed E-state index contributed by atoms with van der Waals surface area (Å²) in [5.41, 5.74) is 5.17. The lowest BCUT2D eigenvalue weighted by Crippen LogP contribution is -2.30. The van der Waals surface area contributed by atoms with Crippen LogP contribution in [0.25, 0.3) is 0 Å². The van der Waals surface area contributed by atoms with Crippen molar-refractivity contribution in [1.82, 2.24) is 0 Å². The first-order valence-corrected chi connectivity index (χ1v) is 10.0. The molecule has 1 aliphatic heterocycles. The summed E-state index contributed by atoms with van der Waals surface area (Å²) in [7, 11) is 0. The van der Waals surface area contributed by atoms with Crippen molar-refractivity contribution in [3.63, 3.8) is 0 Å². The van der Waals surface area contributed by atoms with Crippen LogP contribution in [0.4, 0.5) is 11.4 Å². The van der Waals surface area contributed by atoms with Gasteiger partial charge in [-0.25, -0.2) is 0 Å². The fraction of sp³-hybridized carbons (Fsp3) is 0.500. The highest BCUT2D eigenvalue weighted by Gasteiger charge is 2.29. The molecule has 0 aromatic heterocycles. The van der Waals surface area contributed by atoms with E-state index in [0.717, 1.165) is 24.3 Å². The first kappa shape index (κ1) is 18.8. The molecule has 0 amide bonds. The molecule has 0 fully saturated rings. The second-order valence-corrected chi connectivity index (χ2v) is 8.53. The SMILES string of the molecule is CCC(C)N1c2ccc(C(C)C)cc2Oc2cc(C(C)(C)CC)ccc21. The maximum atomic E-state index is 6.43. The minimum absolute atomic E-state index is 0.152. The summed E-state index contributed by atoms with van der Waals surface area (Å²) in [6.45, 7) is 15.8. The van der Waals surface area contributed by atoms with Crippen LogP contribution in [0.2, 0.25) is 0 Å². The van der Waals surface area contributed by atoms with Crippen molar-refractivity contribution >= 4 is 11.4 Å². The molecule has 0 bridgehead atoms. The highest BCUT2D eigenvalue weighted by Crippen LogP contribution is 2.50. The summed E-state index contributed by atoms with van der Waals surface area (Å²) in [4.78, 5) is 2.45. The molecule has 2 nitrogen and oxygen atoms in total. The van der Waals surface area contributed by atoms with Crippen molar-refractivity contribution in [2.45, 2.75) is 78.7 Å². The Morgan fingerprint density at radius 3 is 2.12 bits per heavy atom. The molecule has 1 heterocycles. The van der Waals surface area contributed by atoms with Crippen LogP contribution in [-0.4, -0.2) is 6.04 Å². The summed E-state index contributed by atoms with van der Waals surface area (Å²) in [5, 5.41) is 0. The predicted molar refractivity (Wildman–Crippen MR) is 112 cm³/mol. The first-order chi connectivity index (χ1) is 12.3. The van der Waals surface area contributed by atoms with Crippen LogP contribution in [0.15, 0.2) is 36.4 Å². The second-order valence-electron chi connectivity index (χ2n) is 8.53. The Bertz CT molecular complexity index is 791. The molecule has 1 aliphatic rings. The minimum atomic E-state index is 0.152. The normalized spacial score (nSPS) is 14.7. The largest absolute Gasteiger partial charge is 0.453 e. The standard InChI is InChI=1S/C24H33NO/c1-8-17(5)25-20-12-10-18(16(3)4)14-22(20)26-23-15-19(11-13-21(23)25)24(6,7)9-2/h10-17H,8-9H2,1-7H3. The van der Waals surface area contributed by atoms with E-state index in [1.54, 1.807) is 0 Å². The van der Waals surface area contributed by atoms with Crippen molar-refractivity contribution in [2.75, 3.05) is 4.90 Å². The van der Waals surface area contributed by atoms with E-state index in [9.17, 15) is 0 Å². The van der Waals surface area contributed by atoms with E-state index >= 15 is 0 Å². The lowest BCUT2D eigenvalue weighted by molar-refractivity contribution is 0.457. The van der Waals surface area contributed by atoms with E-state index in [-0.39, 0.29) is 5.41 Å². The molecule has 26 heavy (non-hydrogen) atoms. The van der Waals surface area contributed by atoms with Gasteiger partial charge < -0.3 is 9.64 Å². The molecule has 140 valence electrons. The molecular weight excluding hydrogens is 318 g/mol. The number of hydrogen-bond donors (Lipinski definition) is 0. The van der Waals surface area contributed by atoms with Crippen LogP contribution in [0.5, 0.6) is 11.5 Å². The van der Waals surface area contributed by atoms with Crippen molar-refractivity contribution < 1.29 is 4.74 Å². The number of hydrogen-bond acceptors (Lipinski definition) is 2. The van der Waals surface area contributed by atoms with Gasteiger partial charge in [0.25, 0.3) is 0 Å². The van der Waals surface area contributed by atoms with E-state index < -0.39 is 0 Å². The van der Waals surface area contributed by atoms with Crippen LogP contribution in [0.1, 0.15) is 78.4 Å². The molecule has 2 aromatic rings. The maximum absolute atomic E-state index is 6.43. The number of nitrogens with zero attached hydrogens (tertiary/aromatic N) is 1. The topological polar surface area (TPSA) is 12.5 Å². The Kier molecular flexibility index (Phi) is 5.05. The van der Waals surface area contributed by atoms with Gasteiger partial charge in [0, 0.05) is 6.04 Å². The minimum Gasteiger partial charge on any atom is -0.453 e. The lowest BCUT2D eigenvalue weighted by atomic mass is 9.82.